The van der Waals surface area contributed by atoms with E-state index in [0.717, 1.165) is 15.2 Å². The number of carbonyl (C=O) groups is 1. The van der Waals surface area contributed by atoms with E-state index in [1.54, 1.807) is 0 Å². The van der Waals surface area contributed by atoms with E-state index in [-0.39, 0.29) is 12.4 Å². The van der Waals surface area contributed by atoms with Crippen LogP contribution in [0.3, 0.4) is 0 Å². The van der Waals surface area contributed by atoms with Crippen molar-refractivity contribution >= 4 is 11.7 Å². The van der Waals surface area contributed by atoms with Gasteiger partial charge in [-0.3, -0.25) is 18.7 Å². The molecule has 1 aromatic heterocycles. The predicted octanol–water partition coefficient (Wildman–Crippen LogP) is 0.241. The van der Waals surface area contributed by atoms with E-state index in [0.29, 0.717) is 5.75 Å². The fraction of sp³-hybridized carbons (Fsp3) is 0.214. The SMILES string of the molecule is Cn1c(NC(=O)COc2ccc(F)cc2)cc(=O)n(C)c1=O. The minimum atomic E-state index is -0.553. The van der Waals surface area contributed by atoms with Crippen molar-refractivity contribution in [3.8, 4) is 5.75 Å². The molecular weight excluding hydrogens is 293 g/mol. The zero-order valence-corrected chi connectivity index (χ0v) is 12.0. The summed E-state index contributed by atoms with van der Waals surface area (Å²) >= 11 is 0. The average Bonchev–Trinajstić information content (AvgIpc) is 2.50. The molecule has 0 unspecified atom stereocenters. The normalized spacial score (nSPS) is 10.3. The molecule has 0 aliphatic carbocycles. The molecule has 0 saturated heterocycles. The van der Waals surface area contributed by atoms with Crippen molar-refractivity contribution in [1.29, 1.82) is 0 Å². The van der Waals surface area contributed by atoms with E-state index >= 15 is 0 Å². The maximum atomic E-state index is 12.7. The first-order valence-electron chi connectivity index (χ1n) is 6.34. The van der Waals surface area contributed by atoms with Gasteiger partial charge in [-0.15, -0.1) is 0 Å². The minimum absolute atomic E-state index is 0.0702. The van der Waals surface area contributed by atoms with Crippen molar-refractivity contribution in [3.05, 3.63) is 57.0 Å². The lowest BCUT2D eigenvalue weighted by molar-refractivity contribution is -0.118. The van der Waals surface area contributed by atoms with Crippen molar-refractivity contribution in [1.82, 2.24) is 9.13 Å². The van der Waals surface area contributed by atoms with E-state index in [1.165, 1.54) is 38.4 Å². The third-order valence-electron chi connectivity index (χ3n) is 2.98. The van der Waals surface area contributed by atoms with Crippen molar-refractivity contribution in [2.45, 2.75) is 0 Å². The lowest BCUT2D eigenvalue weighted by atomic mass is 10.3. The highest BCUT2D eigenvalue weighted by Gasteiger charge is 2.10. The largest absolute Gasteiger partial charge is 0.484 e. The molecule has 0 radical (unpaired) electrons. The van der Waals surface area contributed by atoms with Crippen LogP contribution in [0.25, 0.3) is 0 Å². The Morgan fingerprint density at radius 1 is 1.18 bits per heavy atom. The number of hydrogen-bond donors (Lipinski definition) is 1. The Morgan fingerprint density at radius 3 is 2.45 bits per heavy atom. The van der Waals surface area contributed by atoms with Gasteiger partial charge in [-0.05, 0) is 24.3 Å². The van der Waals surface area contributed by atoms with Gasteiger partial charge in [0.15, 0.2) is 6.61 Å². The van der Waals surface area contributed by atoms with Gasteiger partial charge in [-0.2, -0.15) is 0 Å². The molecule has 22 heavy (non-hydrogen) atoms. The van der Waals surface area contributed by atoms with Crippen LogP contribution in [-0.2, 0) is 18.9 Å². The molecule has 1 amide bonds. The molecule has 2 rings (SSSR count). The number of amides is 1. The number of hydrogen-bond acceptors (Lipinski definition) is 4. The Kier molecular flexibility index (Phi) is 4.40. The predicted molar refractivity (Wildman–Crippen MR) is 77.4 cm³/mol. The Morgan fingerprint density at radius 2 is 1.82 bits per heavy atom. The summed E-state index contributed by atoms with van der Waals surface area (Å²) in [5.74, 6) is -0.560. The second kappa shape index (κ2) is 6.25. The van der Waals surface area contributed by atoms with Crippen LogP contribution in [0.2, 0.25) is 0 Å². The van der Waals surface area contributed by atoms with Crippen LogP contribution in [0, 0.1) is 5.82 Å². The Balaban J connectivity index is 2.05. The average molecular weight is 307 g/mol. The van der Waals surface area contributed by atoms with Gasteiger partial charge in [0.25, 0.3) is 11.5 Å². The minimum Gasteiger partial charge on any atom is -0.484 e. The third-order valence-corrected chi connectivity index (χ3v) is 2.98. The molecule has 0 saturated carbocycles. The van der Waals surface area contributed by atoms with Gasteiger partial charge < -0.3 is 10.1 Å². The van der Waals surface area contributed by atoms with Gasteiger partial charge in [-0.1, -0.05) is 0 Å². The molecule has 1 aromatic carbocycles. The Bertz CT molecular complexity index is 808. The molecule has 0 aliphatic heterocycles. The third kappa shape index (κ3) is 3.40. The monoisotopic (exact) mass is 307 g/mol. The smallest absolute Gasteiger partial charge is 0.332 e. The van der Waals surface area contributed by atoms with Gasteiger partial charge in [0.2, 0.25) is 0 Å². The van der Waals surface area contributed by atoms with Crippen molar-refractivity contribution in [2.24, 2.45) is 14.1 Å². The molecular formula is C14H14FN3O4. The van der Waals surface area contributed by atoms with E-state index in [9.17, 15) is 18.8 Å². The second-order valence-corrected chi connectivity index (χ2v) is 4.56. The number of anilines is 1. The summed E-state index contributed by atoms with van der Waals surface area (Å²) in [5, 5.41) is 2.41. The fourth-order valence-electron chi connectivity index (χ4n) is 1.71. The van der Waals surface area contributed by atoms with Crippen molar-refractivity contribution < 1.29 is 13.9 Å². The number of nitrogens with one attached hydrogen (secondary N) is 1. The van der Waals surface area contributed by atoms with Gasteiger partial charge in [0.1, 0.15) is 17.4 Å². The molecule has 0 bridgehead atoms. The molecule has 0 spiro atoms. The standard InChI is InChI=1S/C14H14FN3O4/c1-17-11(7-13(20)18(2)14(17)21)16-12(19)8-22-10-5-3-9(15)4-6-10/h3-7H,8H2,1-2H3,(H,16,19). The summed E-state index contributed by atoms with van der Waals surface area (Å²) in [5.41, 5.74) is -1.08. The molecule has 116 valence electrons. The molecule has 0 fully saturated rings. The van der Waals surface area contributed by atoms with E-state index in [4.69, 9.17) is 4.74 Å². The Labute approximate surface area is 124 Å². The fourth-order valence-corrected chi connectivity index (χ4v) is 1.71. The van der Waals surface area contributed by atoms with Crippen LogP contribution in [-0.4, -0.2) is 21.6 Å². The number of rotatable bonds is 4. The topological polar surface area (TPSA) is 82.3 Å². The second-order valence-electron chi connectivity index (χ2n) is 4.56. The van der Waals surface area contributed by atoms with Crippen LogP contribution in [0.5, 0.6) is 5.75 Å². The lowest BCUT2D eigenvalue weighted by Crippen LogP contribution is -2.38. The number of nitrogens with zero attached hydrogens (tertiary/aromatic N) is 2. The summed E-state index contributed by atoms with van der Waals surface area (Å²) in [6.45, 7) is -0.338. The van der Waals surface area contributed by atoms with Crippen LogP contribution < -0.4 is 21.3 Å². The highest BCUT2D eigenvalue weighted by atomic mass is 19.1. The number of aromatic nitrogens is 2. The van der Waals surface area contributed by atoms with Gasteiger partial charge >= 0.3 is 5.69 Å². The van der Waals surface area contributed by atoms with Crippen molar-refractivity contribution in [3.63, 3.8) is 0 Å². The van der Waals surface area contributed by atoms with E-state index in [1.807, 2.05) is 0 Å². The molecule has 0 aliphatic rings. The van der Waals surface area contributed by atoms with E-state index < -0.39 is 23.0 Å². The zero-order valence-electron chi connectivity index (χ0n) is 12.0. The molecule has 7 nitrogen and oxygen atoms in total. The first kappa shape index (κ1) is 15.5. The summed E-state index contributed by atoms with van der Waals surface area (Å²) in [6, 6.07) is 6.32. The van der Waals surface area contributed by atoms with Crippen LogP contribution in [0.4, 0.5) is 10.2 Å². The Hall–Kier alpha value is -2.90. The van der Waals surface area contributed by atoms with Gasteiger partial charge in [0.05, 0.1) is 0 Å². The number of ether oxygens (including phenoxy) is 1. The maximum absolute atomic E-state index is 12.7. The molecule has 1 heterocycles. The molecule has 1 N–H and O–H groups in total. The van der Waals surface area contributed by atoms with Crippen molar-refractivity contribution in [2.75, 3.05) is 11.9 Å². The maximum Gasteiger partial charge on any atom is 0.332 e. The number of halogens is 1. The van der Waals surface area contributed by atoms with E-state index in [2.05, 4.69) is 5.32 Å². The van der Waals surface area contributed by atoms with Gasteiger partial charge in [0, 0.05) is 20.2 Å². The van der Waals surface area contributed by atoms with Gasteiger partial charge in [-0.25, -0.2) is 9.18 Å². The van der Waals surface area contributed by atoms with Crippen LogP contribution >= 0.6 is 0 Å². The number of benzene rings is 1. The molecule has 2 aromatic rings. The highest BCUT2D eigenvalue weighted by molar-refractivity contribution is 5.91. The van der Waals surface area contributed by atoms with Crippen LogP contribution in [0.15, 0.2) is 39.9 Å². The summed E-state index contributed by atoms with van der Waals surface area (Å²) < 4.78 is 20.0. The lowest BCUT2D eigenvalue weighted by Gasteiger charge is -2.11. The first-order chi connectivity index (χ1) is 10.4. The number of carbonyl (C=O) groups excluding carboxylic acids is 1. The summed E-state index contributed by atoms with van der Waals surface area (Å²) in [6.07, 6.45) is 0. The quantitative estimate of drug-likeness (QED) is 0.877. The summed E-state index contributed by atoms with van der Waals surface area (Å²) in [7, 11) is 2.77. The molecule has 8 heteroatoms. The highest BCUT2D eigenvalue weighted by Crippen LogP contribution is 2.10. The first-order valence-corrected chi connectivity index (χ1v) is 6.34. The molecule has 0 atom stereocenters. The van der Waals surface area contributed by atoms with Crippen LogP contribution in [0.1, 0.15) is 0 Å². The summed E-state index contributed by atoms with van der Waals surface area (Å²) in [4.78, 5) is 35.0. The zero-order chi connectivity index (χ0) is 16.3.